The van der Waals surface area contributed by atoms with Crippen LogP contribution in [0.3, 0.4) is 0 Å². The van der Waals surface area contributed by atoms with Crippen molar-refractivity contribution in [3.63, 3.8) is 0 Å². The van der Waals surface area contributed by atoms with Crippen LogP contribution in [0.1, 0.15) is 18.1 Å². The number of benzene rings is 1. The van der Waals surface area contributed by atoms with Gasteiger partial charge in [-0.05, 0) is 19.9 Å². The number of methoxy groups -OCH3 is 1. The Bertz CT molecular complexity index is 321. The summed E-state index contributed by atoms with van der Waals surface area (Å²) < 4.78 is 18.7. The van der Waals surface area contributed by atoms with Gasteiger partial charge in [-0.1, -0.05) is 17.7 Å². The molecular formula is C11H16FNO. The zero-order chi connectivity index (χ0) is 10.8. The topological polar surface area (TPSA) is 35.2 Å². The molecule has 0 amide bonds. The molecule has 0 fully saturated rings. The van der Waals surface area contributed by atoms with Gasteiger partial charge in [-0.25, -0.2) is 4.39 Å². The fourth-order valence-electron chi connectivity index (χ4n) is 1.35. The molecular weight excluding hydrogens is 181 g/mol. The third-order valence-corrected chi connectivity index (χ3v) is 2.53. The molecule has 0 aliphatic rings. The molecule has 0 radical (unpaired) electrons. The van der Waals surface area contributed by atoms with Crippen molar-refractivity contribution in [3.8, 4) is 0 Å². The molecule has 2 N–H and O–H groups in total. The maximum Gasteiger partial charge on any atom is 0.129 e. The summed E-state index contributed by atoms with van der Waals surface area (Å²) in [7, 11) is 1.54. The average molecular weight is 197 g/mol. The molecule has 2 nitrogen and oxygen atoms in total. The van der Waals surface area contributed by atoms with Gasteiger partial charge in [0.05, 0.1) is 0 Å². The molecule has 0 saturated heterocycles. The van der Waals surface area contributed by atoms with Crippen LogP contribution in [0, 0.1) is 12.7 Å². The molecule has 78 valence electrons. The second-order valence-electron chi connectivity index (χ2n) is 3.62. The first kappa shape index (κ1) is 11.1. The first-order valence-corrected chi connectivity index (χ1v) is 4.55. The highest BCUT2D eigenvalue weighted by molar-refractivity contribution is 5.29. The van der Waals surface area contributed by atoms with Crippen molar-refractivity contribution in [2.24, 2.45) is 5.73 Å². The van der Waals surface area contributed by atoms with Crippen molar-refractivity contribution in [3.05, 3.63) is 35.1 Å². The van der Waals surface area contributed by atoms with E-state index < -0.39 is 5.60 Å². The van der Waals surface area contributed by atoms with Crippen LogP contribution in [0.25, 0.3) is 0 Å². The minimum absolute atomic E-state index is 0.254. The van der Waals surface area contributed by atoms with E-state index in [-0.39, 0.29) is 12.4 Å². The van der Waals surface area contributed by atoms with Gasteiger partial charge in [0.1, 0.15) is 11.4 Å². The van der Waals surface area contributed by atoms with E-state index in [1.54, 1.807) is 19.1 Å². The van der Waals surface area contributed by atoms with E-state index in [9.17, 15) is 4.39 Å². The van der Waals surface area contributed by atoms with E-state index in [2.05, 4.69) is 0 Å². The van der Waals surface area contributed by atoms with Crippen molar-refractivity contribution in [2.75, 3.05) is 13.7 Å². The monoisotopic (exact) mass is 197 g/mol. The fourth-order valence-corrected chi connectivity index (χ4v) is 1.35. The van der Waals surface area contributed by atoms with Crippen molar-refractivity contribution < 1.29 is 9.13 Å². The summed E-state index contributed by atoms with van der Waals surface area (Å²) in [6.45, 7) is 3.95. The first-order chi connectivity index (χ1) is 6.53. The van der Waals surface area contributed by atoms with Crippen molar-refractivity contribution in [1.29, 1.82) is 0 Å². The van der Waals surface area contributed by atoms with E-state index >= 15 is 0 Å². The second kappa shape index (κ2) is 4.07. The molecule has 0 heterocycles. The molecule has 1 aromatic rings. The zero-order valence-corrected chi connectivity index (χ0v) is 8.80. The van der Waals surface area contributed by atoms with E-state index in [0.717, 1.165) is 5.56 Å². The number of ether oxygens (including phenoxy) is 1. The number of nitrogens with two attached hydrogens (primary N) is 1. The highest BCUT2D eigenvalue weighted by Gasteiger charge is 2.27. The quantitative estimate of drug-likeness (QED) is 0.803. The van der Waals surface area contributed by atoms with E-state index in [4.69, 9.17) is 10.5 Å². The number of rotatable bonds is 3. The summed E-state index contributed by atoms with van der Waals surface area (Å²) >= 11 is 0. The zero-order valence-electron chi connectivity index (χ0n) is 8.80. The lowest BCUT2D eigenvalue weighted by molar-refractivity contribution is 0.00712. The van der Waals surface area contributed by atoms with Crippen LogP contribution in [0.5, 0.6) is 0 Å². The standard InChI is InChI=1S/C11H16FNO/c1-8-4-5-10(12)9(6-8)11(2,7-13)14-3/h4-6H,7,13H2,1-3H3. The van der Waals surface area contributed by atoms with Crippen molar-refractivity contribution >= 4 is 0 Å². The SMILES string of the molecule is COC(C)(CN)c1cc(C)ccc1F. The third kappa shape index (κ3) is 1.94. The number of halogens is 1. The van der Waals surface area contributed by atoms with Crippen LogP contribution >= 0.6 is 0 Å². The summed E-state index contributed by atoms with van der Waals surface area (Å²) in [5, 5.41) is 0. The molecule has 1 aromatic carbocycles. The Morgan fingerprint density at radius 1 is 1.50 bits per heavy atom. The van der Waals surface area contributed by atoms with Crippen LogP contribution in [0.4, 0.5) is 4.39 Å². The molecule has 0 aliphatic heterocycles. The Kier molecular flexibility index (Phi) is 3.24. The third-order valence-electron chi connectivity index (χ3n) is 2.53. The smallest absolute Gasteiger partial charge is 0.129 e. The van der Waals surface area contributed by atoms with Gasteiger partial charge >= 0.3 is 0 Å². The Morgan fingerprint density at radius 3 is 2.64 bits per heavy atom. The fraction of sp³-hybridized carbons (Fsp3) is 0.455. The minimum Gasteiger partial charge on any atom is -0.372 e. The van der Waals surface area contributed by atoms with E-state index in [0.29, 0.717) is 5.56 Å². The molecule has 0 aliphatic carbocycles. The predicted molar refractivity (Wildman–Crippen MR) is 54.6 cm³/mol. The van der Waals surface area contributed by atoms with Crippen LogP contribution in [-0.2, 0) is 10.3 Å². The van der Waals surface area contributed by atoms with E-state index in [1.165, 1.54) is 13.2 Å². The normalized spacial score (nSPS) is 15.2. The molecule has 1 atom stereocenters. The van der Waals surface area contributed by atoms with Crippen LogP contribution < -0.4 is 5.73 Å². The average Bonchev–Trinajstić information content (AvgIpc) is 2.20. The number of hydrogen-bond donors (Lipinski definition) is 1. The lowest BCUT2D eigenvalue weighted by atomic mass is 9.94. The first-order valence-electron chi connectivity index (χ1n) is 4.55. The molecule has 14 heavy (non-hydrogen) atoms. The van der Waals surface area contributed by atoms with Gasteiger partial charge in [0, 0.05) is 19.2 Å². The van der Waals surface area contributed by atoms with Gasteiger partial charge in [-0.3, -0.25) is 0 Å². The summed E-state index contributed by atoms with van der Waals surface area (Å²) in [6.07, 6.45) is 0. The Labute approximate surface area is 83.9 Å². The minimum atomic E-state index is -0.740. The summed E-state index contributed by atoms with van der Waals surface area (Å²) in [4.78, 5) is 0. The Morgan fingerprint density at radius 2 is 2.14 bits per heavy atom. The Hall–Kier alpha value is -0.930. The lowest BCUT2D eigenvalue weighted by Crippen LogP contribution is -2.34. The predicted octanol–water partition coefficient (Wildman–Crippen LogP) is 1.95. The second-order valence-corrected chi connectivity index (χ2v) is 3.62. The molecule has 0 bridgehead atoms. The van der Waals surface area contributed by atoms with Crippen molar-refractivity contribution in [2.45, 2.75) is 19.4 Å². The lowest BCUT2D eigenvalue weighted by Gasteiger charge is -2.27. The van der Waals surface area contributed by atoms with Gasteiger partial charge in [-0.15, -0.1) is 0 Å². The van der Waals surface area contributed by atoms with Crippen LogP contribution in [0.15, 0.2) is 18.2 Å². The van der Waals surface area contributed by atoms with Gasteiger partial charge in [0.15, 0.2) is 0 Å². The molecule has 3 heteroatoms. The highest BCUT2D eigenvalue weighted by atomic mass is 19.1. The van der Waals surface area contributed by atoms with Crippen LogP contribution in [-0.4, -0.2) is 13.7 Å². The van der Waals surface area contributed by atoms with Gasteiger partial charge in [0.2, 0.25) is 0 Å². The highest BCUT2D eigenvalue weighted by Crippen LogP contribution is 2.26. The maximum atomic E-state index is 13.5. The number of hydrogen-bond acceptors (Lipinski definition) is 2. The molecule has 0 spiro atoms. The number of aryl methyl sites for hydroxylation is 1. The summed E-state index contributed by atoms with van der Waals surface area (Å²) in [6, 6.07) is 4.94. The summed E-state index contributed by atoms with van der Waals surface area (Å²) in [5.74, 6) is -0.273. The summed E-state index contributed by atoms with van der Waals surface area (Å²) in [5.41, 5.74) is 6.35. The van der Waals surface area contributed by atoms with Crippen LogP contribution in [0.2, 0.25) is 0 Å². The van der Waals surface area contributed by atoms with Gasteiger partial charge < -0.3 is 10.5 Å². The maximum absolute atomic E-state index is 13.5. The molecule has 0 aromatic heterocycles. The largest absolute Gasteiger partial charge is 0.372 e. The molecule has 0 saturated carbocycles. The van der Waals surface area contributed by atoms with Gasteiger partial charge in [-0.2, -0.15) is 0 Å². The van der Waals surface area contributed by atoms with Crippen molar-refractivity contribution in [1.82, 2.24) is 0 Å². The molecule has 1 unspecified atom stereocenters. The Balaban J connectivity index is 3.22. The van der Waals surface area contributed by atoms with E-state index in [1.807, 2.05) is 6.92 Å². The van der Waals surface area contributed by atoms with Gasteiger partial charge in [0.25, 0.3) is 0 Å². The molecule has 1 rings (SSSR count).